The largest absolute Gasteiger partial charge is 0.416 e. The lowest BCUT2D eigenvalue weighted by molar-refractivity contribution is -0.137. The number of hydrogen-bond acceptors (Lipinski definition) is 6. The van der Waals surface area contributed by atoms with Crippen LogP contribution in [0.25, 0.3) is 0 Å². The summed E-state index contributed by atoms with van der Waals surface area (Å²) in [5.41, 5.74) is -1.83. The molecule has 31 heavy (non-hydrogen) atoms. The normalized spacial score (nSPS) is 17.2. The molecule has 0 bridgehead atoms. The number of aliphatic hydroxyl groups is 1. The van der Waals surface area contributed by atoms with Gasteiger partial charge in [0, 0.05) is 6.21 Å². The Labute approximate surface area is 177 Å². The van der Waals surface area contributed by atoms with E-state index in [2.05, 4.69) is 4.99 Å². The van der Waals surface area contributed by atoms with Gasteiger partial charge in [0.05, 0.1) is 36.6 Å². The third-order valence-electron chi connectivity index (χ3n) is 4.12. The van der Waals surface area contributed by atoms with Gasteiger partial charge in [0.25, 0.3) is 5.91 Å². The average Bonchev–Trinajstić information content (AvgIpc) is 2.69. The highest BCUT2D eigenvalue weighted by atomic mass is 32.2. The molecule has 1 aromatic rings. The van der Waals surface area contributed by atoms with Crippen LogP contribution < -0.4 is 4.90 Å². The number of alkyl halides is 3. The zero-order valence-electron chi connectivity index (χ0n) is 16.5. The zero-order valence-corrected chi connectivity index (χ0v) is 17.3. The van der Waals surface area contributed by atoms with E-state index in [0.717, 1.165) is 12.1 Å². The van der Waals surface area contributed by atoms with Crippen LogP contribution in [0.5, 0.6) is 0 Å². The average molecular weight is 464 g/mol. The van der Waals surface area contributed by atoms with E-state index in [0.29, 0.717) is 11.0 Å². The van der Waals surface area contributed by atoms with E-state index in [1.54, 1.807) is 13.8 Å². The maximum atomic E-state index is 14.6. The summed E-state index contributed by atoms with van der Waals surface area (Å²) in [6.45, 7) is 2.57. The SMILES string of the molecule is CC(C)OCC(O)CN(C(=O)C1N=CC=CC1=S(=O)=O)c1ccc(C(F)(F)F)cc1F. The second-order valence-corrected chi connectivity index (χ2v) is 7.79. The fourth-order valence-electron chi connectivity index (χ4n) is 2.69. The Bertz CT molecular complexity index is 1010. The van der Waals surface area contributed by atoms with Gasteiger partial charge in [0.1, 0.15) is 10.7 Å². The number of nitrogens with zero attached hydrogens (tertiary/aromatic N) is 2. The van der Waals surface area contributed by atoms with Gasteiger partial charge in [-0.05, 0) is 44.2 Å². The minimum atomic E-state index is -4.81. The lowest BCUT2D eigenvalue weighted by atomic mass is 10.1. The molecule has 0 radical (unpaired) electrons. The van der Waals surface area contributed by atoms with Crippen LogP contribution in [0.2, 0.25) is 0 Å². The highest BCUT2D eigenvalue weighted by molar-refractivity contribution is 7.73. The van der Waals surface area contributed by atoms with Crippen molar-refractivity contribution in [3.05, 3.63) is 41.7 Å². The van der Waals surface area contributed by atoms with Crippen LogP contribution in [-0.2, 0) is 26.0 Å². The molecule has 0 aromatic heterocycles. The molecular weight excluding hydrogens is 444 g/mol. The number of amides is 1. The third kappa shape index (κ3) is 6.45. The monoisotopic (exact) mass is 464 g/mol. The van der Waals surface area contributed by atoms with Gasteiger partial charge in [0.15, 0.2) is 6.04 Å². The number of carbonyl (C=O) groups is 1. The number of halogens is 4. The molecule has 7 nitrogen and oxygen atoms in total. The zero-order chi connectivity index (χ0) is 23.3. The third-order valence-corrected chi connectivity index (χ3v) is 4.87. The summed E-state index contributed by atoms with van der Waals surface area (Å²) in [5.74, 6) is -2.41. The van der Waals surface area contributed by atoms with E-state index in [1.807, 2.05) is 0 Å². The number of dihydropyridines is 1. The van der Waals surface area contributed by atoms with Crippen LogP contribution in [0, 0.1) is 5.82 Å². The first-order chi connectivity index (χ1) is 14.4. The predicted octanol–water partition coefficient (Wildman–Crippen LogP) is 2.02. The Morgan fingerprint density at radius 1 is 1.32 bits per heavy atom. The fraction of sp³-hybridized carbons (Fsp3) is 0.421. The van der Waals surface area contributed by atoms with Gasteiger partial charge in [-0.15, -0.1) is 0 Å². The van der Waals surface area contributed by atoms with E-state index in [4.69, 9.17) is 4.74 Å². The summed E-state index contributed by atoms with van der Waals surface area (Å²) in [6.07, 6.45) is -2.84. The Morgan fingerprint density at radius 2 is 2.00 bits per heavy atom. The minimum absolute atomic E-state index is 0.215. The summed E-state index contributed by atoms with van der Waals surface area (Å²) in [6, 6.07) is -0.0472. The number of rotatable bonds is 7. The second kappa shape index (κ2) is 10.2. The molecule has 1 heterocycles. The van der Waals surface area contributed by atoms with Crippen molar-refractivity contribution in [1.29, 1.82) is 0 Å². The Morgan fingerprint density at radius 3 is 2.55 bits per heavy atom. The molecule has 1 aliphatic heterocycles. The topological polar surface area (TPSA) is 96.3 Å². The summed E-state index contributed by atoms with van der Waals surface area (Å²) < 4.78 is 81.4. The number of allylic oxidation sites excluding steroid dienone is 1. The smallest absolute Gasteiger partial charge is 0.389 e. The molecule has 1 N–H and O–H groups in total. The number of anilines is 1. The van der Waals surface area contributed by atoms with Crippen LogP contribution in [0.1, 0.15) is 19.4 Å². The van der Waals surface area contributed by atoms with Crippen molar-refractivity contribution in [3.8, 4) is 0 Å². The molecule has 0 fully saturated rings. The number of carbonyl (C=O) groups excluding carboxylic acids is 1. The van der Waals surface area contributed by atoms with E-state index >= 15 is 0 Å². The molecule has 1 aromatic carbocycles. The van der Waals surface area contributed by atoms with E-state index < -0.39 is 63.0 Å². The maximum Gasteiger partial charge on any atom is 0.416 e. The summed E-state index contributed by atoms with van der Waals surface area (Å²) in [7, 11) is -2.83. The van der Waals surface area contributed by atoms with Gasteiger partial charge in [-0.1, -0.05) is 0 Å². The highest BCUT2D eigenvalue weighted by Gasteiger charge is 2.35. The number of aliphatic hydroxyl groups excluding tert-OH is 1. The first-order valence-corrected chi connectivity index (χ1v) is 10.1. The molecule has 0 saturated heterocycles. The first-order valence-electron chi connectivity index (χ1n) is 9.05. The van der Waals surface area contributed by atoms with E-state index in [1.165, 1.54) is 12.3 Å². The predicted molar refractivity (Wildman–Crippen MR) is 106 cm³/mol. The molecule has 1 amide bonds. The molecule has 2 atom stereocenters. The Balaban J connectivity index is 2.46. The minimum Gasteiger partial charge on any atom is -0.389 e. The van der Waals surface area contributed by atoms with Crippen molar-refractivity contribution >= 4 is 33.0 Å². The molecule has 2 rings (SSSR count). The maximum absolute atomic E-state index is 14.6. The Hall–Kier alpha value is -2.57. The number of benzene rings is 1. The van der Waals surface area contributed by atoms with Gasteiger partial charge in [-0.25, -0.2) is 4.39 Å². The summed E-state index contributed by atoms with van der Waals surface area (Å²) in [5, 5.41) is 10.2. The fourth-order valence-corrected chi connectivity index (χ4v) is 3.23. The molecule has 0 saturated carbocycles. The first kappa shape index (κ1) is 24.7. The van der Waals surface area contributed by atoms with Gasteiger partial charge < -0.3 is 14.7 Å². The number of hydrogen-bond donors (Lipinski definition) is 1. The van der Waals surface area contributed by atoms with E-state index in [-0.39, 0.29) is 18.8 Å². The lowest BCUT2D eigenvalue weighted by Crippen LogP contribution is -2.47. The van der Waals surface area contributed by atoms with Crippen LogP contribution in [0.4, 0.5) is 23.2 Å². The van der Waals surface area contributed by atoms with Crippen molar-refractivity contribution in [2.45, 2.75) is 38.3 Å². The van der Waals surface area contributed by atoms with Gasteiger partial charge >= 0.3 is 6.18 Å². The van der Waals surface area contributed by atoms with Crippen molar-refractivity contribution < 1.29 is 40.6 Å². The van der Waals surface area contributed by atoms with Crippen LogP contribution in [0.15, 0.2) is 35.3 Å². The van der Waals surface area contributed by atoms with E-state index in [9.17, 15) is 35.9 Å². The molecular formula is C19H20F4N2O5S. The van der Waals surface area contributed by atoms with Crippen molar-refractivity contribution in [2.24, 2.45) is 4.99 Å². The standard InChI is InChI=1S/C19H20F4N2O5S/c1-11(2)30-10-13(26)9-25(15-6-5-12(8-14(15)20)19(21,22)23)18(27)17-16(31(28)29)4-3-7-24-17/h3-8,11,13,17,26H,9-10H2,1-2H3. The quantitative estimate of drug-likeness (QED) is 0.492. The van der Waals surface area contributed by atoms with Gasteiger partial charge in [-0.2, -0.15) is 21.6 Å². The molecule has 12 heteroatoms. The van der Waals surface area contributed by atoms with Crippen molar-refractivity contribution in [2.75, 3.05) is 18.1 Å². The Kier molecular flexibility index (Phi) is 8.09. The highest BCUT2D eigenvalue weighted by Crippen LogP contribution is 2.32. The van der Waals surface area contributed by atoms with Gasteiger partial charge in [-0.3, -0.25) is 9.79 Å². The van der Waals surface area contributed by atoms with Crippen molar-refractivity contribution in [3.63, 3.8) is 0 Å². The second-order valence-electron chi connectivity index (χ2n) is 6.85. The summed E-state index contributed by atoms with van der Waals surface area (Å²) >= 11 is 0. The van der Waals surface area contributed by atoms with Gasteiger partial charge in [0.2, 0.25) is 10.3 Å². The summed E-state index contributed by atoms with van der Waals surface area (Å²) in [4.78, 5) is 17.1. The van der Waals surface area contributed by atoms with Crippen LogP contribution in [0.3, 0.4) is 0 Å². The molecule has 170 valence electrons. The number of aliphatic imine (C=N–C) groups is 1. The lowest BCUT2D eigenvalue weighted by Gasteiger charge is -2.29. The van der Waals surface area contributed by atoms with Crippen molar-refractivity contribution in [1.82, 2.24) is 0 Å². The molecule has 0 spiro atoms. The molecule has 2 unspecified atom stereocenters. The number of ether oxygens (including phenoxy) is 1. The molecule has 0 aliphatic carbocycles. The van der Waals surface area contributed by atoms with Crippen LogP contribution in [-0.4, -0.2) is 61.9 Å². The molecule has 1 aliphatic rings. The van der Waals surface area contributed by atoms with Crippen LogP contribution >= 0.6 is 0 Å².